The van der Waals surface area contributed by atoms with Gasteiger partial charge in [0.1, 0.15) is 18.0 Å². The summed E-state index contributed by atoms with van der Waals surface area (Å²) in [5, 5.41) is 20.7. The standard InChI is InChI=1S/C18H22O5/c1-12(17(20)23-11-18(2,21)10-19)13-4-5-15-9-16(22-3)7-6-14(15)8-13/h4-9,12,19,21H,10-11H2,1-3H3/t12-,18?/m1/s1. The third-order valence-corrected chi connectivity index (χ3v) is 3.79. The lowest BCUT2D eigenvalue weighted by Gasteiger charge is -2.21. The van der Waals surface area contributed by atoms with E-state index in [-0.39, 0.29) is 6.61 Å². The van der Waals surface area contributed by atoms with Crippen LogP contribution in [0.25, 0.3) is 10.8 Å². The maximum Gasteiger partial charge on any atom is 0.313 e. The third-order valence-electron chi connectivity index (χ3n) is 3.79. The van der Waals surface area contributed by atoms with Crippen molar-refractivity contribution >= 4 is 16.7 Å². The van der Waals surface area contributed by atoms with E-state index >= 15 is 0 Å². The molecule has 0 saturated heterocycles. The lowest BCUT2D eigenvalue weighted by Crippen LogP contribution is -2.36. The largest absolute Gasteiger partial charge is 0.497 e. The molecule has 0 radical (unpaired) electrons. The molecule has 0 aliphatic rings. The fourth-order valence-corrected chi connectivity index (χ4v) is 2.17. The molecule has 0 spiro atoms. The van der Waals surface area contributed by atoms with E-state index < -0.39 is 24.1 Å². The number of carbonyl (C=O) groups is 1. The highest BCUT2D eigenvalue weighted by molar-refractivity contribution is 5.86. The van der Waals surface area contributed by atoms with Crippen molar-refractivity contribution in [2.75, 3.05) is 20.3 Å². The van der Waals surface area contributed by atoms with Gasteiger partial charge >= 0.3 is 5.97 Å². The first-order chi connectivity index (χ1) is 10.9. The van der Waals surface area contributed by atoms with Crippen LogP contribution in [0, 0.1) is 0 Å². The lowest BCUT2D eigenvalue weighted by molar-refractivity contribution is -0.154. The van der Waals surface area contributed by atoms with Gasteiger partial charge in [0.2, 0.25) is 0 Å². The summed E-state index contributed by atoms with van der Waals surface area (Å²) in [6, 6.07) is 11.5. The molecule has 124 valence electrons. The molecule has 0 bridgehead atoms. The molecule has 0 amide bonds. The van der Waals surface area contributed by atoms with Gasteiger partial charge in [-0.3, -0.25) is 4.79 Å². The van der Waals surface area contributed by atoms with Gasteiger partial charge in [-0.2, -0.15) is 0 Å². The van der Waals surface area contributed by atoms with Crippen molar-refractivity contribution in [3.63, 3.8) is 0 Å². The molecular formula is C18H22O5. The van der Waals surface area contributed by atoms with Gasteiger partial charge in [-0.05, 0) is 42.3 Å². The number of carbonyl (C=O) groups excluding carboxylic acids is 1. The molecule has 5 heteroatoms. The highest BCUT2D eigenvalue weighted by Crippen LogP contribution is 2.26. The van der Waals surface area contributed by atoms with Crippen molar-refractivity contribution in [2.24, 2.45) is 0 Å². The van der Waals surface area contributed by atoms with Crippen molar-refractivity contribution in [2.45, 2.75) is 25.4 Å². The van der Waals surface area contributed by atoms with Crippen LogP contribution in [0.4, 0.5) is 0 Å². The topological polar surface area (TPSA) is 76.0 Å². The minimum Gasteiger partial charge on any atom is -0.497 e. The summed E-state index contributed by atoms with van der Waals surface area (Å²) in [7, 11) is 1.62. The van der Waals surface area contributed by atoms with E-state index in [2.05, 4.69) is 0 Å². The van der Waals surface area contributed by atoms with Crippen LogP contribution in [0.5, 0.6) is 5.75 Å². The second-order valence-corrected chi connectivity index (χ2v) is 5.96. The van der Waals surface area contributed by atoms with Gasteiger partial charge in [0.25, 0.3) is 0 Å². The molecule has 0 aromatic heterocycles. The van der Waals surface area contributed by atoms with Crippen LogP contribution in [0.3, 0.4) is 0 Å². The molecule has 1 unspecified atom stereocenters. The van der Waals surface area contributed by atoms with Crippen LogP contribution in [0.2, 0.25) is 0 Å². The van der Waals surface area contributed by atoms with Crippen LogP contribution in [-0.4, -0.2) is 42.1 Å². The number of aliphatic hydroxyl groups excluding tert-OH is 1. The van der Waals surface area contributed by atoms with Gasteiger partial charge in [0, 0.05) is 0 Å². The molecule has 2 aromatic rings. The van der Waals surface area contributed by atoms with Crippen LogP contribution in [-0.2, 0) is 9.53 Å². The van der Waals surface area contributed by atoms with Gasteiger partial charge in [0.05, 0.1) is 19.6 Å². The molecule has 5 nitrogen and oxygen atoms in total. The first kappa shape index (κ1) is 17.2. The normalized spacial score (nSPS) is 15.0. The van der Waals surface area contributed by atoms with Gasteiger partial charge in [-0.15, -0.1) is 0 Å². The zero-order chi connectivity index (χ0) is 17.0. The van der Waals surface area contributed by atoms with Crippen molar-refractivity contribution < 1.29 is 24.5 Å². The number of methoxy groups -OCH3 is 1. The Morgan fingerprint density at radius 1 is 1.22 bits per heavy atom. The number of aliphatic hydroxyl groups is 2. The first-order valence-electron chi connectivity index (χ1n) is 7.44. The van der Waals surface area contributed by atoms with E-state index in [9.17, 15) is 9.90 Å². The summed E-state index contributed by atoms with van der Waals surface area (Å²) in [6.07, 6.45) is 0. The Labute approximate surface area is 135 Å². The SMILES string of the molecule is COc1ccc2cc([C@@H](C)C(=O)OCC(C)(O)CO)ccc2c1. The fraction of sp³-hybridized carbons (Fsp3) is 0.389. The van der Waals surface area contributed by atoms with Crippen LogP contribution in [0.15, 0.2) is 36.4 Å². The van der Waals surface area contributed by atoms with Gasteiger partial charge in [-0.1, -0.05) is 24.3 Å². The Bertz CT molecular complexity index is 693. The smallest absolute Gasteiger partial charge is 0.313 e. The number of fused-ring (bicyclic) bond motifs is 1. The summed E-state index contributed by atoms with van der Waals surface area (Å²) in [4.78, 5) is 12.1. The van der Waals surface area contributed by atoms with Crippen molar-refractivity contribution in [1.82, 2.24) is 0 Å². The summed E-state index contributed by atoms with van der Waals surface area (Å²) in [5.41, 5.74) is -0.591. The number of hydrogen-bond donors (Lipinski definition) is 2. The van der Waals surface area contributed by atoms with Crippen molar-refractivity contribution in [3.8, 4) is 5.75 Å². The van der Waals surface area contributed by atoms with E-state index in [1.807, 2.05) is 36.4 Å². The average Bonchev–Trinajstić information content (AvgIpc) is 2.58. The molecule has 23 heavy (non-hydrogen) atoms. The Hall–Kier alpha value is -2.11. The number of benzene rings is 2. The van der Waals surface area contributed by atoms with Crippen molar-refractivity contribution in [3.05, 3.63) is 42.0 Å². The quantitative estimate of drug-likeness (QED) is 0.799. The second-order valence-electron chi connectivity index (χ2n) is 5.96. The minimum atomic E-state index is -1.42. The first-order valence-corrected chi connectivity index (χ1v) is 7.44. The van der Waals surface area contributed by atoms with Gasteiger partial charge in [0.15, 0.2) is 0 Å². The molecule has 2 N–H and O–H groups in total. The average molecular weight is 318 g/mol. The molecule has 0 aliphatic heterocycles. The van der Waals surface area contributed by atoms with E-state index in [0.717, 1.165) is 22.1 Å². The number of ether oxygens (including phenoxy) is 2. The van der Waals surface area contributed by atoms with E-state index in [1.54, 1.807) is 14.0 Å². The van der Waals surface area contributed by atoms with Crippen molar-refractivity contribution in [1.29, 1.82) is 0 Å². The summed E-state index contributed by atoms with van der Waals surface area (Å²) >= 11 is 0. The van der Waals surface area contributed by atoms with Crippen LogP contribution in [0.1, 0.15) is 25.3 Å². The molecule has 0 aliphatic carbocycles. The Morgan fingerprint density at radius 3 is 2.52 bits per heavy atom. The molecule has 0 fully saturated rings. The van der Waals surface area contributed by atoms with Crippen LogP contribution >= 0.6 is 0 Å². The zero-order valence-corrected chi connectivity index (χ0v) is 13.6. The highest BCUT2D eigenvalue weighted by atomic mass is 16.5. The lowest BCUT2D eigenvalue weighted by atomic mass is 9.97. The monoisotopic (exact) mass is 318 g/mol. The maximum absolute atomic E-state index is 12.1. The van der Waals surface area contributed by atoms with E-state index in [1.165, 1.54) is 6.92 Å². The fourth-order valence-electron chi connectivity index (χ4n) is 2.17. The summed E-state index contributed by atoms with van der Waals surface area (Å²) < 4.78 is 10.3. The number of esters is 1. The molecule has 0 heterocycles. The Kier molecular flexibility index (Phi) is 5.23. The molecule has 0 saturated carbocycles. The van der Waals surface area contributed by atoms with E-state index in [4.69, 9.17) is 14.6 Å². The molecular weight excluding hydrogens is 296 g/mol. The highest BCUT2D eigenvalue weighted by Gasteiger charge is 2.24. The number of rotatable bonds is 6. The Morgan fingerprint density at radius 2 is 1.87 bits per heavy atom. The second kappa shape index (κ2) is 6.98. The molecule has 2 atom stereocenters. The minimum absolute atomic E-state index is 0.239. The summed E-state index contributed by atoms with van der Waals surface area (Å²) in [5.74, 6) is -0.119. The summed E-state index contributed by atoms with van der Waals surface area (Å²) in [6.45, 7) is 2.46. The number of hydrogen-bond acceptors (Lipinski definition) is 5. The predicted octanol–water partition coefficient (Wildman–Crippen LogP) is 2.24. The van der Waals surface area contributed by atoms with Crippen LogP contribution < -0.4 is 4.74 Å². The predicted molar refractivity (Wildman–Crippen MR) is 87.6 cm³/mol. The Balaban J connectivity index is 2.14. The third kappa shape index (κ3) is 4.21. The zero-order valence-electron chi connectivity index (χ0n) is 13.6. The maximum atomic E-state index is 12.1. The van der Waals surface area contributed by atoms with E-state index in [0.29, 0.717) is 0 Å². The van der Waals surface area contributed by atoms with Gasteiger partial charge < -0.3 is 19.7 Å². The van der Waals surface area contributed by atoms with Gasteiger partial charge in [-0.25, -0.2) is 0 Å². The molecule has 2 rings (SSSR count). The molecule has 2 aromatic carbocycles.